The summed E-state index contributed by atoms with van der Waals surface area (Å²) in [5.74, 6) is -2.13. The number of alkyl halides is 3. The second-order valence-electron chi connectivity index (χ2n) is 3.31. The third kappa shape index (κ3) is 5.19. The van der Waals surface area contributed by atoms with Gasteiger partial charge in [-0.2, -0.15) is 13.2 Å². The minimum Gasteiger partial charge on any atom is -0.322 e. The Labute approximate surface area is 85.3 Å². The molecular weight excluding hydrogens is 211 g/mol. The summed E-state index contributed by atoms with van der Waals surface area (Å²) in [6.45, 7) is 3.89. The highest BCUT2D eigenvalue weighted by molar-refractivity contribution is 5.89. The molecule has 0 aliphatic carbocycles. The molecule has 1 N–H and O–H groups in total. The summed E-state index contributed by atoms with van der Waals surface area (Å²) in [7, 11) is 0. The van der Waals surface area contributed by atoms with E-state index in [9.17, 15) is 22.8 Å². The molecule has 0 saturated carbocycles. The van der Waals surface area contributed by atoms with E-state index in [0.717, 1.165) is 6.92 Å². The molecule has 0 rings (SSSR count). The summed E-state index contributed by atoms with van der Waals surface area (Å²) in [4.78, 5) is 21.5. The molecule has 0 aliphatic rings. The van der Waals surface area contributed by atoms with Crippen molar-refractivity contribution >= 4 is 11.7 Å². The first-order valence-electron chi connectivity index (χ1n) is 4.25. The van der Waals surface area contributed by atoms with Gasteiger partial charge in [-0.3, -0.25) is 9.59 Å². The van der Waals surface area contributed by atoms with Crippen molar-refractivity contribution in [3.8, 4) is 0 Å². The Hall–Kier alpha value is -1.33. The van der Waals surface area contributed by atoms with Crippen LogP contribution in [0.15, 0.2) is 11.8 Å². The number of halogens is 3. The molecule has 0 heterocycles. The SMILES string of the molecule is CC(=O)/C=C(\NC(=O)C(C)C)C(F)(F)F. The fourth-order valence-corrected chi connectivity index (χ4v) is 0.669. The highest BCUT2D eigenvalue weighted by atomic mass is 19.4. The van der Waals surface area contributed by atoms with Gasteiger partial charge >= 0.3 is 6.18 Å². The first kappa shape index (κ1) is 13.7. The molecule has 6 heteroatoms. The van der Waals surface area contributed by atoms with Gasteiger partial charge in [0.05, 0.1) is 0 Å². The standard InChI is InChI=1S/C9H12F3NO2/c1-5(2)8(15)13-7(4-6(3)14)9(10,11)12/h4-5H,1-3H3,(H,13,15)/b7-4-. The lowest BCUT2D eigenvalue weighted by Crippen LogP contribution is -2.34. The van der Waals surface area contributed by atoms with Crippen molar-refractivity contribution in [2.24, 2.45) is 5.92 Å². The summed E-state index contributed by atoms with van der Waals surface area (Å²) in [5.41, 5.74) is -1.33. The summed E-state index contributed by atoms with van der Waals surface area (Å²) in [6, 6.07) is 0. The molecule has 0 spiro atoms. The number of hydrogen-bond acceptors (Lipinski definition) is 2. The highest BCUT2D eigenvalue weighted by Crippen LogP contribution is 2.23. The first-order chi connectivity index (χ1) is 6.64. The molecule has 0 unspecified atom stereocenters. The van der Waals surface area contributed by atoms with Crippen molar-refractivity contribution in [2.45, 2.75) is 26.9 Å². The van der Waals surface area contributed by atoms with E-state index in [1.165, 1.54) is 13.8 Å². The molecule has 0 aliphatic heterocycles. The second kappa shape index (κ2) is 4.95. The topological polar surface area (TPSA) is 46.2 Å². The van der Waals surface area contributed by atoms with Crippen LogP contribution in [0.2, 0.25) is 0 Å². The second-order valence-corrected chi connectivity index (χ2v) is 3.31. The van der Waals surface area contributed by atoms with Crippen LogP contribution in [0, 0.1) is 5.92 Å². The number of carbonyl (C=O) groups excluding carboxylic acids is 2. The molecule has 0 aromatic carbocycles. The minimum atomic E-state index is -4.73. The van der Waals surface area contributed by atoms with E-state index in [2.05, 4.69) is 0 Å². The number of nitrogens with one attached hydrogen (secondary N) is 1. The third-order valence-corrected chi connectivity index (χ3v) is 1.44. The maximum Gasteiger partial charge on any atom is 0.431 e. The molecule has 0 aromatic rings. The molecule has 0 fully saturated rings. The minimum absolute atomic E-state index is 0.361. The van der Waals surface area contributed by atoms with Crippen molar-refractivity contribution in [1.29, 1.82) is 0 Å². The average molecular weight is 223 g/mol. The maximum atomic E-state index is 12.3. The van der Waals surface area contributed by atoms with E-state index in [-0.39, 0.29) is 0 Å². The van der Waals surface area contributed by atoms with Gasteiger partial charge in [0.15, 0.2) is 5.78 Å². The lowest BCUT2D eigenvalue weighted by molar-refractivity contribution is -0.129. The van der Waals surface area contributed by atoms with E-state index in [1.54, 1.807) is 5.32 Å². The van der Waals surface area contributed by atoms with Gasteiger partial charge in [-0.15, -0.1) is 0 Å². The number of carbonyl (C=O) groups is 2. The van der Waals surface area contributed by atoms with Crippen LogP contribution in [-0.4, -0.2) is 17.9 Å². The Bertz CT molecular complexity index is 292. The molecule has 0 atom stereocenters. The van der Waals surface area contributed by atoms with Crippen molar-refractivity contribution in [3.63, 3.8) is 0 Å². The van der Waals surface area contributed by atoms with Crippen LogP contribution in [-0.2, 0) is 9.59 Å². The van der Waals surface area contributed by atoms with Gasteiger partial charge in [0.25, 0.3) is 0 Å². The number of rotatable bonds is 3. The van der Waals surface area contributed by atoms with Crippen LogP contribution in [0.3, 0.4) is 0 Å². The van der Waals surface area contributed by atoms with Crippen LogP contribution in [0.1, 0.15) is 20.8 Å². The summed E-state index contributed by atoms with van der Waals surface area (Å²) < 4.78 is 36.8. The zero-order valence-electron chi connectivity index (χ0n) is 8.61. The van der Waals surface area contributed by atoms with Crippen molar-refractivity contribution in [3.05, 3.63) is 11.8 Å². The van der Waals surface area contributed by atoms with Crippen LogP contribution < -0.4 is 5.32 Å². The van der Waals surface area contributed by atoms with Crippen LogP contribution in [0.4, 0.5) is 13.2 Å². The highest BCUT2D eigenvalue weighted by Gasteiger charge is 2.35. The van der Waals surface area contributed by atoms with Gasteiger partial charge in [-0.05, 0) is 6.92 Å². The summed E-state index contributed by atoms with van der Waals surface area (Å²) in [6.07, 6.45) is -4.36. The zero-order chi connectivity index (χ0) is 12.2. The maximum absolute atomic E-state index is 12.3. The summed E-state index contributed by atoms with van der Waals surface area (Å²) >= 11 is 0. The Morgan fingerprint density at radius 2 is 1.73 bits per heavy atom. The van der Waals surface area contributed by atoms with Crippen molar-refractivity contribution < 1.29 is 22.8 Å². The van der Waals surface area contributed by atoms with Gasteiger partial charge in [-0.25, -0.2) is 0 Å². The Morgan fingerprint density at radius 1 is 1.27 bits per heavy atom. The van der Waals surface area contributed by atoms with Gasteiger partial charge < -0.3 is 5.32 Å². The third-order valence-electron chi connectivity index (χ3n) is 1.44. The monoisotopic (exact) mass is 223 g/mol. The van der Waals surface area contributed by atoms with E-state index in [1.807, 2.05) is 0 Å². The number of amides is 1. The number of allylic oxidation sites excluding steroid dienone is 2. The Morgan fingerprint density at radius 3 is 2.00 bits per heavy atom. The fraction of sp³-hybridized carbons (Fsp3) is 0.556. The quantitative estimate of drug-likeness (QED) is 0.741. The lowest BCUT2D eigenvalue weighted by Gasteiger charge is -2.14. The number of ketones is 1. The predicted octanol–water partition coefficient (Wildman–Crippen LogP) is 1.79. The molecular formula is C9H12F3NO2. The van der Waals surface area contributed by atoms with E-state index < -0.39 is 29.5 Å². The van der Waals surface area contributed by atoms with Crippen LogP contribution >= 0.6 is 0 Å². The molecule has 86 valence electrons. The Kier molecular flexibility index (Phi) is 4.51. The smallest absolute Gasteiger partial charge is 0.322 e. The molecule has 15 heavy (non-hydrogen) atoms. The van der Waals surface area contributed by atoms with Gasteiger partial charge in [-0.1, -0.05) is 13.8 Å². The number of hydrogen-bond donors (Lipinski definition) is 1. The normalized spacial score (nSPS) is 12.9. The van der Waals surface area contributed by atoms with Gasteiger partial charge in [0.2, 0.25) is 5.91 Å². The zero-order valence-corrected chi connectivity index (χ0v) is 8.61. The predicted molar refractivity (Wildman–Crippen MR) is 47.8 cm³/mol. The first-order valence-corrected chi connectivity index (χ1v) is 4.25. The molecule has 3 nitrogen and oxygen atoms in total. The van der Waals surface area contributed by atoms with E-state index >= 15 is 0 Å². The van der Waals surface area contributed by atoms with E-state index in [0.29, 0.717) is 6.08 Å². The largest absolute Gasteiger partial charge is 0.431 e. The fourth-order valence-electron chi connectivity index (χ4n) is 0.669. The molecule has 0 aromatic heterocycles. The van der Waals surface area contributed by atoms with Gasteiger partial charge in [0.1, 0.15) is 5.70 Å². The van der Waals surface area contributed by atoms with Crippen molar-refractivity contribution in [1.82, 2.24) is 5.32 Å². The van der Waals surface area contributed by atoms with Crippen LogP contribution in [0.5, 0.6) is 0 Å². The summed E-state index contributed by atoms with van der Waals surface area (Å²) in [5, 5.41) is 1.66. The molecule has 0 radical (unpaired) electrons. The Balaban J connectivity index is 4.84. The van der Waals surface area contributed by atoms with Gasteiger partial charge in [0, 0.05) is 12.0 Å². The average Bonchev–Trinajstić information content (AvgIpc) is 2.00. The van der Waals surface area contributed by atoms with Crippen LogP contribution in [0.25, 0.3) is 0 Å². The van der Waals surface area contributed by atoms with Crippen molar-refractivity contribution in [2.75, 3.05) is 0 Å². The molecule has 0 saturated heterocycles. The van der Waals surface area contributed by atoms with E-state index in [4.69, 9.17) is 0 Å². The molecule has 1 amide bonds. The molecule has 0 bridgehead atoms. The lowest BCUT2D eigenvalue weighted by atomic mass is 10.2.